The molecule has 0 amide bonds. The van der Waals surface area contributed by atoms with Gasteiger partial charge < -0.3 is 16.4 Å². The van der Waals surface area contributed by atoms with E-state index in [1.54, 1.807) is 11.9 Å². The molecule has 5 heteroatoms. The number of nitrogens with zero attached hydrogens (tertiary/aromatic N) is 1. The molecule has 1 aromatic rings. The summed E-state index contributed by atoms with van der Waals surface area (Å²) in [5.74, 6) is -0.564. The van der Waals surface area contributed by atoms with E-state index in [1.165, 1.54) is 6.07 Å². The van der Waals surface area contributed by atoms with E-state index >= 15 is 0 Å². The van der Waals surface area contributed by atoms with Crippen LogP contribution in [0.5, 0.6) is 0 Å². The van der Waals surface area contributed by atoms with Crippen LogP contribution in [0.4, 0.5) is 21.5 Å². The summed E-state index contributed by atoms with van der Waals surface area (Å²) in [4.78, 5) is 1.72. The molecule has 0 spiro atoms. The van der Waals surface area contributed by atoms with E-state index in [2.05, 4.69) is 0 Å². The molecule has 15 heavy (non-hydrogen) atoms. The van der Waals surface area contributed by atoms with Crippen LogP contribution in [0.2, 0.25) is 5.02 Å². The monoisotopic (exact) mass is 231 g/mol. The Morgan fingerprint density at radius 3 is 2.33 bits per heavy atom. The summed E-state index contributed by atoms with van der Waals surface area (Å²) in [7, 11) is 1.76. The molecule has 1 rings (SSSR count). The van der Waals surface area contributed by atoms with Gasteiger partial charge in [0.15, 0.2) is 5.82 Å². The standard InChI is InChI=1S/C10H15ClFN3/c1-5(2)15(3)10-7(14)4-6(13)8(11)9(10)12/h4-5H,13-14H2,1-3H3. The number of rotatable bonds is 2. The average molecular weight is 232 g/mol. The SMILES string of the molecule is CC(C)N(C)c1c(N)cc(N)c(Cl)c1F. The molecule has 0 aliphatic carbocycles. The number of benzene rings is 1. The molecular weight excluding hydrogens is 217 g/mol. The highest BCUT2D eigenvalue weighted by Crippen LogP contribution is 2.36. The fraction of sp³-hybridized carbons (Fsp3) is 0.400. The highest BCUT2D eigenvalue weighted by atomic mass is 35.5. The Hall–Kier alpha value is -1.16. The van der Waals surface area contributed by atoms with Gasteiger partial charge in [-0.1, -0.05) is 11.6 Å². The van der Waals surface area contributed by atoms with Crippen molar-refractivity contribution >= 4 is 28.7 Å². The second-order valence-corrected chi connectivity index (χ2v) is 4.11. The fourth-order valence-electron chi connectivity index (χ4n) is 1.27. The lowest BCUT2D eigenvalue weighted by Crippen LogP contribution is -2.27. The minimum Gasteiger partial charge on any atom is -0.397 e. The minimum atomic E-state index is -0.564. The Morgan fingerprint density at radius 2 is 1.87 bits per heavy atom. The zero-order valence-corrected chi connectivity index (χ0v) is 9.77. The van der Waals surface area contributed by atoms with Crippen LogP contribution in [0.3, 0.4) is 0 Å². The van der Waals surface area contributed by atoms with Crippen molar-refractivity contribution in [3.63, 3.8) is 0 Å². The minimum absolute atomic E-state index is 0.0771. The van der Waals surface area contributed by atoms with E-state index in [4.69, 9.17) is 23.1 Å². The Kier molecular flexibility index (Phi) is 3.29. The first-order valence-corrected chi connectivity index (χ1v) is 4.99. The number of halogens is 2. The first kappa shape index (κ1) is 11.9. The molecule has 0 fully saturated rings. The topological polar surface area (TPSA) is 55.3 Å². The van der Waals surface area contributed by atoms with Gasteiger partial charge in [-0.2, -0.15) is 0 Å². The molecule has 3 nitrogen and oxygen atoms in total. The molecule has 0 aliphatic rings. The van der Waals surface area contributed by atoms with Gasteiger partial charge in [-0.15, -0.1) is 0 Å². The molecule has 0 aliphatic heterocycles. The van der Waals surface area contributed by atoms with Gasteiger partial charge in [0.25, 0.3) is 0 Å². The number of hydrogen-bond donors (Lipinski definition) is 2. The van der Waals surface area contributed by atoms with Crippen molar-refractivity contribution < 1.29 is 4.39 Å². The van der Waals surface area contributed by atoms with Gasteiger partial charge in [0, 0.05) is 13.1 Å². The first-order valence-electron chi connectivity index (χ1n) is 4.62. The van der Waals surface area contributed by atoms with Crippen molar-refractivity contribution in [3.8, 4) is 0 Å². The highest BCUT2D eigenvalue weighted by molar-refractivity contribution is 6.33. The second-order valence-electron chi connectivity index (χ2n) is 3.74. The lowest BCUT2D eigenvalue weighted by Gasteiger charge is -2.26. The molecule has 0 atom stereocenters. The van der Waals surface area contributed by atoms with E-state index in [0.717, 1.165) is 0 Å². The van der Waals surface area contributed by atoms with Crippen molar-refractivity contribution in [2.24, 2.45) is 0 Å². The van der Waals surface area contributed by atoms with Crippen molar-refractivity contribution in [1.29, 1.82) is 0 Å². The van der Waals surface area contributed by atoms with E-state index in [1.807, 2.05) is 13.8 Å². The zero-order chi connectivity index (χ0) is 11.7. The summed E-state index contributed by atoms with van der Waals surface area (Å²) in [6.07, 6.45) is 0. The number of nitrogens with two attached hydrogens (primary N) is 2. The second kappa shape index (κ2) is 4.14. The van der Waals surface area contributed by atoms with Crippen LogP contribution in [0, 0.1) is 5.82 Å². The lowest BCUT2D eigenvalue weighted by atomic mass is 10.2. The predicted octanol–water partition coefficient (Wildman–Crippen LogP) is 2.49. The third-order valence-corrected chi connectivity index (χ3v) is 2.75. The number of anilines is 3. The van der Waals surface area contributed by atoms with Crippen LogP contribution in [-0.4, -0.2) is 13.1 Å². The molecule has 0 heterocycles. The summed E-state index contributed by atoms with van der Waals surface area (Å²) in [6, 6.07) is 1.60. The molecular formula is C10H15ClFN3. The summed E-state index contributed by atoms with van der Waals surface area (Å²) in [5.41, 5.74) is 12.0. The van der Waals surface area contributed by atoms with Crippen molar-refractivity contribution in [1.82, 2.24) is 0 Å². The molecule has 0 aromatic heterocycles. The van der Waals surface area contributed by atoms with Gasteiger partial charge in [0.2, 0.25) is 0 Å². The quantitative estimate of drug-likeness (QED) is 0.769. The van der Waals surface area contributed by atoms with Crippen molar-refractivity contribution in [2.45, 2.75) is 19.9 Å². The number of hydrogen-bond acceptors (Lipinski definition) is 3. The van der Waals surface area contributed by atoms with E-state index in [-0.39, 0.29) is 16.8 Å². The zero-order valence-electron chi connectivity index (χ0n) is 9.01. The molecule has 0 radical (unpaired) electrons. The smallest absolute Gasteiger partial charge is 0.169 e. The van der Waals surface area contributed by atoms with Crippen LogP contribution in [0.1, 0.15) is 13.8 Å². The molecule has 0 saturated carbocycles. The Bertz CT molecular complexity index is 379. The fourth-order valence-corrected chi connectivity index (χ4v) is 1.42. The van der Waals surface area contributed by atoms with Crippen LogP contribution in [0.25, 0.3) is 0 Å². The van der Waals surface area contributed by atoms with Gasteiger partial charge in [-0.25, -0.2) is 4.39 Å². The number of nitrogen functional groups attached to an aromatic ring is 2. The lowest BCUT2D eigenvalue weighted by molar-refractivity contribution is 0.615. The van der Waals surface area contributed by atoms with E-state index in [0.29, 0.717) is 11.4 Å². The first-order chi connectivity index (χ1) is 6.86. The largest absolute Gasteiger partial charge is 0.397 e. The molecule has 0 saturated heterocycles. The third-order valence-electron chi connectivity index (χ3n) is 2.37. The summed E-state index contributed by atoms with van der Waals surface area (Å²) < 4.78 is 13.8. The maximum absolute atomic E-state index is 13.8. The third kappa shape index (κ3) is 2.09. The van der Waals surface area contributed by atoms with Crippen LogP contribution < -0.4 is 16.4 Å². The van der Waals surface area contributed by atoms with Gasteiger partial charge in [0.05, 0.1) is 17.1 Å². The normalized spacial score (nSPS) is 10.8. The molecule has 1 aromatic carbocycles. The van der Waals surface area contributed by atoms with Crippen molar-refractivity contribution in [2.75, 3.05) is 23.4 Å². The average Bonchev–Trinajstić information content (AvgIpc) is 2.14. The molecule has 0 unspecified atom stereocenters. The molecule has 0 bridgehead atoms. The van der Waals surface area contributed by atoms with Gasteiger partial charge >= 0.3 is 0 Å². The molecule has 84 valence electrons. The van der Waals surface area contributed by atoms with Gasteiger partial charge in [-0.3, -0.25) is 0 Å². The summed E-state index contributed by atoms with van der Waals surface area (Å²) in [6.45, 7) is 3.87. The van der Waals surface area contributed by atoms with Gasteiger partial charge in [0.1, 0.15) is 5.02 Å². The van der Waals surface area contributed by atoms with E-state index < -0.39 is 5.82 Å². The Labute approximate surface area is 93.8 Å². The van der Waals surface area contributed by atoms with Crippen LogP contribution in [-0.2, 0) is 0 Å². The molecule has 4 N–H and O–H groups in total. The van der Waals surface area contributed by atoms with Gasteiger partial charge in [-0.05, 0) is 19.9 Å². The summed E-state index contributed by atoms with van der Waals surface area (Å²) >= 11 is 5.72. The van der Waals surface area contributed by atoms with E-state index in [9.17, 15) is 4.39 Å². The Morgan fingerprint density at radius 1 is 1.33 bits per heavy atom. The van der Waals surface area contributed by atoms with Crippen molar-refractivity contribution in [3.05, 3.63) is 16.9 Å². The summed E-state index contributed by atoms with van der Waals surface area (Å²) in [5, 5.41) is -0.0771. The maximum Gasteiger partial charge on any atom is 0.169 e. The predicted molar refractivity (Wildman–Crippen MR) is 63.8 cm³/mol. The Balaban J connectivity index is 3.36. The maximum atomic E-state index is 13.8. The highest BCUT2D eigenvalue weighted by Gasteiger charge is 2.18. The van der Waals surface area contributed by atoms with Crippen LogP contribution >= 0.6 is 11.6 Å². The van der Waals surface area contributed by atoms with Crippen LogP contribution in [0.15, 0.2) is 6.07 Å².